The molecule has 2 atom stereocenters. The number of aryl methyl sites for hydroxylation is 1. The first-order valence-corrected chi connectivity index (χ1v) is 6.41. The second-order valence-corrected chi connectivity index (χ2v) is 5.28. The lowest BCUT2D eigenvalue weighted by Gasteiger charge is -2.08. The van der Waals surface area contributed by atoms with Gasteiger partial charge in [-0.05, 0) is 18.6 Å². The highest BCUT2D eigenvalue weighted by atomic mass is 16.4. The highest BCUT2D eigenvalue weighted by molar-refractivity contribution is 5.86. The van der Waals surface area contributed by atoms with E-state index in [1.807, 2.05) is 36.7 Å². The van der Waals surface area contributed by atoms with Crippen molar-refractivity contribution in [2.75, 3.05) is 0 Å². The number of hydrogen-bond acceptors (Lipinski definition) is 2. The van der Waals surface area contributed by atoms with Crippen molar-refractivity contribution in [3.8, 4) is 0 Å². The lowest BCUT2D eigenvalue weighted by atomic mass is 10.0. The molecule has 1 saturated carbocycles. The number of carbonyl (C=O) groups is 2. The smallest absolute Gasteiger partial charge is 0.305 e. The van der Waals surface area contributed by atoms with Gasteiger partial charge in [-0.25, -0.2) is 0 Å². The molecule has 0 amide bonds. The van der Waals surface area contributed by atoms with Gasteiger partial charge in [0.25, 0.3) is 0 Å². The summed E-state index contributed by atoms with van der Waals surface area (Å²) in [5, 5.41) is 8.70. The molecule has 1 aliphatic rings. The summed E-state index contributed by atoms with van der Waals surface area (Å²) in [5.74, 6) is 0.0563. The fraction of sp³-hybridized carbons (Fsp3) is 0.571. The Morgan fingerprint density at radius 2 is 2.22 bits per heavy atom. The topological polar surface area (TPSA) is 59.3 Å². The van der Waals surface area contributed by atoms with Gasteiger partial charge in [-0.15, -0.1) is 0 Å². The van der Waals surface area contributed by atoms with Crippen LogP contribution in [0.15, 0.2) is 18.3 Å². The van der Waals surface area contributed by atoms with Crippen LogP contribution in [0.1, 0.15) is 38.3 Å². The molecule has 0 bridgehead atoms. The van der Waals surface area contributed by atoms with E-state index in [0.29, 0.717) is 18.2 Å². The zero-order valence-electron chi connectivity index (χ0n) is 10.8. The van der Waals surface area contributed by atoms with Crippen molar-refractivity contribution in [2.24, 2.45) is 11.8 Å². The van der Waals surface area contributed by atoms with E-state index >= 15 is 0 Å². The van der Waals surface area contributed by atoms with Crippen LogP contribution in [-0.4, -0.2) is 21.4 Å². The lowest BCUT2D eigenvalue weighted by molar-refractivity contribution is -0.137. The highest BCUT2D eigenvalue weighted by Gasteiger charge is 2.45. The van der Waals surface area contributed by atoms with Crippen molar-refractivity contribution >= 4 is 11.8 Å². The van der Waals surface area contributed by atoms with Crippen molar-refractivity contribution in [1.82, 2.24) is 4.57 Å². The minimum Gasteiger partial charge on any atom is -0.481 e. The summed E-state index contributed by atoms with van der Waals surface area (Å²) < 4.78 is 1.96. The van der Waals surface area contributed by atoms with Crippen LogP contribution in [0.5, 0.6) is 0 Å². The molecule has 0 aromatic carbocycles. The van der Waals surface area contributed by atoms with Crippen LogP contribution in [0.3, 0.4) is 0 Å². The van der Waals surface area contributed by atoms with Crippen molar-refractivity contribution in [2.45, 2.75) is 39.2 Å². The highest BCUT2D eigenvalue weighted by Crippen LogP contribution is 2.49. The monoisotopic (exact) mass is 249 g/mol. The molecule has 2 rings (SSSR count). The number of rotatable bonds is 6. The quantitative estimate of drug-likeness (QED) is 0.841. The number of carboxylic acid groups (broad SMARTS) is 1. The average Bonchev–Trinajstić information content (AvgIpc) is 2.96. The number of ketones is 1. The Labute approximate surface area is 107 Å². The summed E-state index contributed by atoms with van der Waals surface area (Å²) in [4.78, 5) is 22.5. The molecule has 2 unspecified atom stereocenters. The normalized spacial score (nSPS) is 22.2. The van der Waals surface area contributed by atoms with Crippen LogP contribution in [0.25, 0.3) is 0 Å². The Morgan fingerprint density at radius 1 is 1.50 bits per heavy atom. The molecular weight excluding hydrogens is 230 g/mol. The first kappa shape index (κ1) is 12.9. The minimum absolute atomic E-state index is 0.0856. The summed E-state index contributed by atoms with van der Waals surface area (Å²) >= 11 is 0. The van der Waals surface area contributed by atoms with Gasteiger partial charge in [0.1, 0.15) is 5.78 Å². The molecule has 4 heteroatoms. The number of carbonyl (C=O) groups excluding carboxylic acids is 1. The van der Waals surface area contributed by atoms with Gasteiger partial charge in [-0.3, -0.25) is 9.59 Å². The van der Waals surface area contributed by atoms with Crippen LogP contribution in [0.2, 0.25) is 0 Å². The number of hydrogen-bond donors (Lipinski definition) is 1. The summed E-state index contributed by atoms with van der Waals surface area (Å²) in [7, 11) is 0. The number of aliphatic carboxylic acids is 1. The molecule has 1 aromatic rings. The minimum atomic E-state index is -0.791. The Kier molecular flexibility index (Phi) is 3.55. The third-order valence-electron chi connectivity index (χ3n) is 3.54. The van der Waals surface area contributed by atoms with Gasteiger partial charge in [0.05, 0.1) is 6.42 Å². The van der Waals surface area contributed by atoms with Gasteiger partial charge in [0.15, 0.2) is 0 Å². The SMILES string of the molecule is CC(C)C(=O)C1CC1c1cccn1CCC(=O)O. The maximum atomic E-state index is 11.9. The van der Waals surface area contributed by atoms with Gasteiger partial charge in [0, 0.05) is 36.2 Å². The first-order chi connectivity index (χ1) is 8.50. The average molecular weight is 249 g/mol. The molecule has 18 heavy (non-hydrogen) atoms. The largest absolute Gasteiger partial charge is 0.481 e. The maximum absolute atomic E-state index is 11.9. The number of nitrogens with zero attached hydrogens (tertiary/aromatic N) is 1. The fourth-order valence-electron chi connectivity index (χ4n) is 2.45. The third-order valence-corrected chi connectivity index (χ3v) is 3.54. The van der Waals surface area contributed by atoms with Gasteiger partial charge < -0.3 is 9.67 Å². The van der Waals surface area contributed by atoms with E-state index in [-0.39, 0.29) is 18.3 Å². The first-order valence-electron chi connectivity index (χ1n) is 6.41. The Balaban J connectivity index is 2.01. The van der Waals surface area contributed by atoms with E-state index in [0.717, 1.165) is 12.1 Å². The van der Waals surface area contributed by atoms with Crippen LogP contribution in [0, 0.1) is 11.8 Å². The number of carboxylic acids is 1. The van der Waals surface area contributed by atoms with E-state index in [1.54, 1.807) is 0 Å². The van der Waals surface area contributed by atoms with Gasteiger partial charge >= 0.3 is 5.97 Å². The zero-order valence-corrected chi connectivity index (χ0v) is 10.8. The summed E-state index contributed by atoms with van der Waals surface area (Å²) in [6, 6.07) is 3.92. The standard InChI is InChI=1S/C14H19NO3/c1-9(2)14(18)11-8-10(11)12-4-3-6-15(12)7-5-13(16)17/h3-4,6,9-11H,5,7-8H2,1-2H3,(H,16,17). The van der Waals surface area contributed by atoms with Crippen LogP contribution in [0.4, 0.5) is 0 Å². The van der Waals surface area contributed by atoms with E-state index in [4.69, 9.17) is 5.11 Å². The van der Waals surface area contributed by atoms with Gasteiger partial charge in [-0.1, -0.05) is 13.8 Å². The molecule has 1 heterocycles. The lowest BCUT2D eigenvalue weighted by Crippen LogP contribution is -2.11. The third kappa shape index (κ3) is 2.63. The van der Waals surface area contributed by atoms with E-state index in [9.17, 15) is 9.59 Å². The maximum Gasteiger partial charge on any atom is 0.305 e. The van der Waals surface area contributed by atoms with E-state index in [1.165, 1.54) is 0 Å². The molecule has 1 N–H and O–H groups in total. The van der Waals surface area contributed by atoms with Crippen molar-refractivity contribution in [3.05, 3.63) is 24.0 Å². The zero-order chi connectivity index (χ0) is 13.3. The summed E-state index contributed by atoms with van der Waals surface area (Å²) in [5.41, 5.74) is 1.11. The molecule has 0 radical (unpaired) electrons. The van der Waals surface area contributed by atoms with Crippen LogP contribution < -0.4 is 0 Å². The van der Waals surface area contributed by atoms with E-state index < -0.39 is 5.97 Å². The second-order valence-electron chi connectivity index (χ2n) is 5.28. The van der Waals surface area contributed by atoms with Crippen LogP contribution >= 0.6 is 0 Å². The molecule has 1 fully saturated rings. The Bertz CT molecular complexity index is 461. The van der Waals surface area contributed by atoms with Crippen molar-refractivity contribution < 1.29 is 14.7 Å². The predicted octanol–water partition coefficient (Wildman–Crippen LogP) is 2.29. The van der Waals surface area contributed by atoms with Gasteiger partial charge in [-0.2, -0.15) is 0 Å². The summed E-state index contributed by atoms with van der Waals surface area (Å²) in [6.07, 6.45) is 2.93. The van der Waals surface area contributed by atoms with Crippen LogP contribution in [-0.2, 0) is 16.1 Å². The van der Waals surface area contributed by atoms with Crippen molar-refractivity contribution in [3.63, 3.8) is 0 Å². The molecule has 98 valence electrons. The van der Waals surface area contributed by atoms with Crippen molar-refractivity contribution in [1.29, 1.82) is 0 Å². The molecule has 1 aliphatic carbocycles. The molecule has 1 aromatic heterocycles. The second kappa shape index (κ2) is 4.96. The van der Waals surface area contributed by atoms with E-state index in [2.05, 4.69) is 0 Å². The Morgan fingerprint density at radius 3 is 2.83 bits per heavy atom. The number of Topliss-reactive ketones (excluding diaryl/α,β-unsaturated/α-hetero) is 1. The number of aromatic nitrogens is 1. The fourth-order valence-corrected chi connectivity index (χ4v) is 2.45. The van der Waals surface area contributed by atoms with Gasteiger partial charge in [0.2, 0.25) is 0 Å². The molecule has 0 saturated heterocycles. The molecule has 0 spiro atoms. The molecule has 4 nitrogen and oxygen atoms in total. The predicted molar refractivity (Wildman–Crippen MR) is 67.4 cm³/mol. The molecule has 0 aliphatic heterocycles. The Hall–Kier alpha value is -1.58. The summed E-state index contributed by atoms with van der Waals surface area (Å²) in [6.45, 7) is 4.35. The molecular formula is C14H19NO3.